The largest absolute Gasteiger partial charge is 0.380 e. The van der Waals surface area contributed by atoms with Crippen molar-refractivity contribution in [2.24, 2.45) is 0 Å². The molecule has 6 nitrogen and oxygen atoms in total. The van der Waals surface area contributed by atoms with Gasteiger partial charge in [-0.3, -0.25) is 9.78 Å². The van der Waals surface area contributed by atoms with Crippen LogP contribution in [0.15, 0.2) is 42.7 Å². The van der Waals surface area contributed by atoms with Gasteiger partial charge in [0.15, 0.2) is 0 Å². The van der Waals surface area contributed by atoms with Crippen LogP contribution >= 0.6 is 0 Å². The number of carbonyl (C=O) groups excluding carboxylic acids is 1. The Morgan fingerprint density at radius 2 is 2.23 bits per heavy atom. The van der Waals surface area contributed by atoms with Crippen molar-refractivity contribution >= 4 is 11.7 Å². The average Bonchev–Trinajstić information content (AvgIpc) is 2.72. The topological polar surface area (TPSA) is 67.3 Å². The highest BCUT2D eigenvalue weighted by Gasteiger charge is 2.20. The number of pyridine rings is 2. The van der Waals surface area contributed by atoms with Crippen molar-refractivity contribution in [2.75, 3.05) is 31.6 Å². The molecule has 1 aliphatic rings. The second-order valence-corrected chi connectivity index (χ2v) is 6.53. The van der Waals surface area contributed by atoms with Gasteiger partial charge in [0.05, 0.1) is 11.7 Å². The van der Waals surface area contributed by atoms with Crippen LogP contribution in [0.3, 0.4) is 0 Å². The van der Waals surface area contributed by atoms with Crippen molar-refractivity contribution in [3.63, 3.8) is 0 Å². The van der Waals surface area contributed by atoms with Crippen LogP contribution in [0.5, 0.6) is 0 Å². The summed E-state index contributed by atoms with van der Waals surface area (Å²) >= 11 is 0. The molecule has 138 valence electrons. The third-order valence-electron chi connectivity index (χ3n) is 4.67. The first kappa shape index (κ1) is 18.3. The Kier molecular flexibility index (Phi) is 6.55. The predicted octanol–water partition coefficient (Wildman–Crippen LogP) is 2.45. The van der Waals surface area contributed by atoms with Gasteiger partial charge in [-0.05, 0) is 49.9 Å². The van der Waals surface area contributed by atoms with E-state index in [2.05, 4.69) is 20.2 Å². The molecule has 3 heterocycles. The summed E-state index contributed by atoms with van der Waals surface area (Å²) in [5.74, 6) is 0.817. The molecule has 6 heteroatoms. The molecule has 0 aliphatic carbocycles. The zero-order chi connectivity index (χ0) is 18.2. The van der Waals surface area contributed by atoms with Gasteiger partial charge in [0.1, 0.15) is 5.82 Å². The molecule has 0 radical (unpaired) electrons. The molecular formula is C20H26N4O2. The van der Waals surface area contributed by atoms with Crippen molar-refractivity contribution in [2.45, 2.75) is 31.8 Å². The van der Waals surface area contributed by atoms with Crippen molar-refractivity contribution in [3.05, 3.63) is 54.0 Å². The molecule has 1 atom stereocenters. The van der Waals surface area contributed by atoms with E-state index in [1.54, 1.807) is 19.5 Å². The molecule has 0 aromatic carbocycles. The number of aromatic nitrogens is 2. The van der Waals surface area contributed by atoms with Gasteiger partial charge in [0.25, 0.3) is 5.91 Å². The molecule has 2 aromatic rings. The normalized spacial score (nSPS) is 17.1. The average molecular weight is 354 g/mol. The molecule has 0 unspecified atom stereocenters. The lowest BCUT2D eigenvalue weighted by molar-refractivity contribution is 0.0891. The molecular weight excluding hydrogens is 328 g/mol. The summed E-state index contributed by atoms with van der Waals surface area (Å²) in [6.45, 7) is 2.45. The molecule has 1 aliphatic heterocycles. The van der Waals surface area contributed by atoms with E-state index in [4.69, 9.17) is 4.74 Å². The number of ether oxygens (including phenoxy) is 1. The SMILES string of the molecule is CO[C@@H]1CCCN(c2ccc(C(=O)NCCCc3ccccn3)cn2)C1. The summed E-state index contributed by atoms with van der Waals surface area (Å²) < 4.78 is 5.45. The van der Waals surface area contributed by atoms with Crippen LogP contribution in [0.25, 0.3) is 0 Å². The Bertz CT molecular complexity index is 691. The molecule has 1 N–H and O–H groups in total. The number of nitrogens with zero attached hydrogens (tertiary/aromatic N) is 3. The van der Waals surface area contributed by atoms with Gasteiger partial charge in [-0.1, -0.05) is 6.07 Å². The van der Waals surface area contributed by atoms with Gasteiger partial charge >= 0.3 is 0 Å². The van der Waals surface area contributed by atoms with Crippen LogP contribution in [0.4, 0.5) is 5.82 Å². The number of amides is 1. The Labute approximate surface area is 154 Å². The highest BCUT2D eigenvalue weighted by molar-refractivity contribution is 5.94. The van der Waals surface area contributed by atoms with Crippen molar-refractivity contribution in [1.29, 1.82) is 0 Å². The fraction of sp³-hybridized carbons (Fsp3) is 0.450. The Hall–Kier alpha value is -2.47. The van der Waals surface area contributed by atoms with Crippen LogP contribution in [0.1, 0.15) is 35.3 Å². The fourth-order valence-electron chi connectivity index (χ4n) is 3.17. The first-order valence-electron chi connectivity index (χ1n) is 9.18. The number of anilines is 1. The standard InChI is InChI=1S/C20H26N4O2/c1-26-18-8-5-13-24(15-18)19-10-9-16(14-23-19)20(25)22-12-4-7-17-6-2-3-11-21-17/h2-3,6,9-11,14,18H,4-5,7-8,12-13,15H2,1H3,(H,22,25)/t18-/m1/s1. The Balaban J connectivity index is 1.46. The summed E-state index contributed by atoms with van der Waals surface area (Å²) in [5, 5.41) is 2.94. The van der Waals surface area contributed by atoms with E-state index >= 15 is 0 Å². The quantitative estimate of drug-likeness (QED) is 0.774. The van der Waals surface area contributed by atoms with Crippen molar-refractivity contribution in [1.82, 2.24) is 15.3 Å². The molecule has 3 rings (SSSR count). The molecule has 1 saturated heterocycles. The zero-order valence-corrected chi connectivity index (χ0v) is 15.2. The van der Waals surface area contributed by atoms with Crippen LogP contribution in [0.2, 0.25) is 0 Å². The number of methoxy groups -OCH3 is 1. The van der Waals surface area contributed by atoms with E-state index in [9.17, 15) is 4.79 Å². The highest BCUT2D eigenvalue weighted by atomic mass is 16.5. The molecule has 0 spiro atoms. The van der Waals surface area contributed by atoms with Crippen LogP contribution < -0.4 is 10.2 Å². The Morgan fingerprint density at radius 3 is 2.96 bits per heavy atom. The number of hydrogen-bond acceptors (Lipinski definition) is 5. The molecule has 26 heavy (non-hydrogen) atoms. The van der Waals surface area contributed by atoms with Gasteiger partial charge in [0, 0.05) is 44.8 Å². The maximum absolute atomic E-state index is 12.2. The maximum atomic E-state index is 12.2. The summed E-state index contributed by atoms with van der Waals surface area (Å²) in [4.78, 5) is 23.2. The first-order chi connectivity index (χ1) is 12.8. The summed E-state index contributed by atoms with van der Waals surface area (Å²) in [5.41, 5.74) is 1.63. The second kappa shape index (κ2) is 9.29. The molecule has 2 aromatic heterocycles. The van der Waals surface area contributed by atoms with Gasteiger partial charge in [-0.25, -0.2) is 4.98 Å². The maximum Gasteiger partial charge on any atom is 0.252 e. The number of aryl methyl sites for hydroxylation is 1. The van der Waals surface area contributed by atoms with Crippen LogP contribution in [-0.4, -0.2) is 48.7 Å². The smallest absolute Gasteiger partial charge is 0.252 e. The van der Waals surface area contributed by atoms with E-state index in [-0.39, 0.29) is 12.0 Å². The van der Waals surface area contributed by atoms with E-state index in [0.29, 0.717) is 12.1 Å². The number of piperidine rings is 1. The van der Waals surface area contributed by atoms with E-state index in [0.717, 1.165) is 50.3 Å². The first-order valence-corrected chi connectivity index (χ1v) is 9.18. The molecule has 1 fully saturated rings. The number of hydrogen-bond donors (Lipinski definition) is 1. The minimum atomic E-state index is -0.0847. The third kappa shape index (κ3) is 5.02. The summed E-state index contributed by atoms with van der Waals surface area (Å²) in [6.07, 6.45) is 7.60. The minimum absolute atomic E-state index is 0.0847. The second-order valence-electron chi connectivity index (χ2n) is 6.53. The fourth-order valence-corrected chi connectivity index (χ4v) is 3.17. The predicted molar refractivity (Wildman–Crippen MR) is 101 cm³/mol. The van der Waals surface area contributed by atoms with Crippen molar-refractivity contribution in [3.8, 4) is 0 Å². The lowest BCUT2D eigenvalue weighted by Crippen LogP contribution is -2.39. The molecule has 0 bridgehead atoms. The third-order valence-corrected chi connectivity index (χ3v) is 4.67. The monoisotopic (exact) mass is 354 g/mol. The number of rotatable bonds is 7. The lowest BCUT2D eigenvalue weighted by Gasteiger charge is -2.32. The van der Waals surface area contributed by atoms with Gasteiger partial charge < -0.3 is 15.0 Å². The lowest BCUT2D eigenvalue weighted by atomic mass is 10.1. The Morgan fingerprint density at radius 1 is 1.31 bits per heavy atom. The molecule has 0 saturated carbocycles. The minimum Gasteiger partial charge on any atom is -0.380 e. The van der Waals surface area contributed by atoms with E-state index in [1.807, 2.05) is 30.3 Å². The van der Waals surface area contributed by atoms with E-state index in [1.165, 1.54) is 0 Å². The summed E-state index contributed by atoms with van der Waals surface area (Å²) in [7, 11) is 1.75. The van der Waals surface area contributed by atoms with Gasteiger partial charge in [0.2, 0.25) is 0 Å². The summed E-state index contributed by atoms with van der Waals surface area (Å²) in [6, 6.07) is 9.64. The van der Waals surface area contributed by atoms with Crippen LogP contribution in [-0.2, 0) is 11.2 Å². The number of carbonyl (C=O) groups is 1. The number of nitrogens with one attached hydrogen (secondary N) is 1. The van der Waals surface area contributed by atoms with Gasteiger partial charge in [-0.15, -0.1) is 0 Å². The molecule has 1 amide bonds. The zero-order valence-electron chi connectivity index (χ0n) is 15.2. The van der Waals surface area contributed by atoms with Crippen molar-refractivity contribution < 1.29 is 9.53 Å². The van der Waals surface area contributed by atoms with E-state index < -0.39 is 0 Å². The van der Waals surface area contributed by atoms with Gasteiger partial charge in [-0.2, -0.15) is 0 Å². The highest BCUT2D eigenvalue weighted by Crippen LogP contribution is 2.19. The van der Waals surface area contributed by atoms with Crippen LogP contribution in [0, 0.1) is 0 Å².